The monoisotopic (exact) mass is 302 g/mol. The first-order valence-electron chi connectivity index (χ1n) is 7.19. The Bertz CT molecular complexity index is 456. The molecular weight excluding hydrogens is 281 g/mol. The Kier molecular flexibility index (Phi) is 5.24. The maximum Gasteiger partial charge on any atom is 0.416 e. The highest BCUT2D eigenvalue weighted by Crippen LogP contribution is 2.29. The number of alkyl halides is 3. The van der Waals surface area contributed by atoms with Crippen LogP contribution < -0.4 is 10.6 Å². The zero-order valence-electron chi connectivity index (χ0n) is 11.8. The summed E-state index contributed by atoms with van der Waals surface area (Å²) in [5.41, 5.74) is -0.715. The number of nitrogens with one attached hydrogen (secondary N) is 2. The fourth-order valence-corrected chi connectivity index (χ4v) is 2.56. The van der Waals surface area contributed by atoms with Gasteiger partial charge in [-0.1, -0.05) is 18.2 Å². The number of β-amino-alcohol motifs (C(OH)–C–C–N with tert-alkyl or cyclic N) is 1. The van der Waals surface area contributed by atoms with Crippen molar-refractivity contribution in [1.82, 2.24) is 10.6 Å². The normalized spacial score (nSPS) is 23.2. The molecule has 2 rings (SSSR count). The van der Waals surface area contributed by atoms with Crippen LogP contribution in [0.15, 0.2) is 24.3 Å². The van der Waals surface area contributed by atoms with Gasteiger partial charge < -0.3 is 15.7 Å². The average Bonchev–Trinajstić information content (AvgIpc) is 2.44. The summed E-state index contributed by atoms with van der Waals surface area (Å²) in [6, 6.07) is 5.37. The molecule has 1 aromatic carbocycles. The van der Waals surface area contributed by atoms with Gasteiger partial charge in [0, 0.05) is 13.1 Å². The molecule has 118 valence electrons. The third-order valence-electron chi connectivity index (χ3n) is 3.75. The summed E-state index contributed by atoms with van der Waals surface area (Å²) in [5.74, 6) is 0. The predicted octanol–water partition coefficient (Wildman–Crippen LogP) is 1.95. The first-order chi connectivity index (χ1) is 9.89. The molecule has 21 heavy (non-hydrogen) atoms. The van der Waals surface area contributed by atoms with Crippen LogP contribution in [0.4, 0.5) is 13.2 Å². The van der Waals surface area contributed by atoms with Crippen LogP contribution in [0.3, 0.4) is 0 Å². The van der Waals surface area contributed by atoms with Gasteiger partial charge in [0.15, 0.2) is 0 Å². The second kappa shape index (κ2) is 6.77. The molecule has 3 N–H and O–H groups in total. The van der Waals surface area contributed by atoms with E-state index >= 15 is 0 Å². The van der Waals surface area contributed by atoms with Crippen LogP contribution in [0.25, 0.3) is 0 Å². The highest BCUT2D eigenvalue weighted by Gasteiger charge is 2.30. The number of benzene rings is 1. The van der Waals surface area contributed by atoms with Crippen molar-refractivity contribution in [3.63, 3.8) is 0 Å². The van der Waals surface area contributed by atoms with Gasteiger partial charge in [0.25, 0.3) is 0 Å². The predicted molar refractivity (Wildman–Crippen MR) is 75.1 cm³/mol. The third kappa shape index (κ3) is 4.98. The highest BCUT2D eigenvalue weighted by molar-refractivity contribution is 5.25. The molecule has 0 bridgehead atoms. The van der Waals surface area contributed by atoms with Gasteiger partial charge in [0.05, 0.1) is 11.2 Å². The van der Waals surface area contributed by atoms with Crippen LogP contribution in [0.5, 0.6) is 0 Å². The minimum absolute atomic E-state index is 0.457. The Hall–Kier alpha value is -1.11. The van der Waals surface area contributed by atoms with E-state index in [9.17, 15) is 18.3 Å². The second-order valence-electron chi connectivity index (χ2n) is 5.63. The zero-order valence-corrected chi connectivity index (χ0v) is 11.8. The molecule has 0 amide bonds. The van der Waals surface area contributed by atoms with Crippen molar-refractivity contribution < 1.29 is 18.3 Å². The van der Waals surface area contributed by atoms with Crippen molar-refractivity contribution >= 4 is 0 Å². The molecule has 0 spiro atoms. The smallest absolute Gasteiger partial charge is 0.387 e. The molecule has 0 aliphatic carbocycles. The van der Waals surface area contributed by atoms with E-state index in [1.165, 1.54) is 12.1 Å². The number of hydrogen-bond donors (Lipinski definition) is 3. The van der Waals surface area contributed by atoms with E-state index in [2.05, 4.69) is 10.6 Å². The summed E-state index contributed by atoms with van der Waals surface area (Å²) in [5, 5.41) is 16.5. The lowest BCUT2D eigenvalue weighted by Crippen LogP contribution is -2.52. The van der Waals surface area contributed by atoms with E-state index < -0.39 is 17.3 Å². The molecule has 0 radical (unpaired) electrons. The summed E-state index contributed by atoms with van der Waals surface area (Å²) in [6.45, 7) is 2.48. The summed E-state index contributed by atoms with van der Waals surface area (Å²) >= 11 is 0. The van der Waals surface area contributed by atoms with Gasteiger partial charge in [0.1, 0.15) is 0 Å². The van der Waals surface area contributed by atoms with Crippen LogP contribution >= 0.6 is 0 Å². The van der Waals surface area contributed by atoms with Gasteiger partial charge in [-0.05, 0) is 44.0 Å². The Morgan fingerprint density at radius 3 is 2.81 bits per heavy atom. The quantitative estimate of drug-likeness (QED) is 0.729. The molecule has 1 saturated heterocycles. The molecule has 1 aliphatic rings. The minimum Gasteiger partial charge on any atom is -0.387 e. The van der Waals surface area contributed by atoms with Gasteiger partial charge >= 0.3 is 6.18 Å². The Morgan fingerprint density at radius 2 is 2.14 bits per heavy atom. The fourth-order valence-electron chi connectivity index (χ4n) is 2.56. The van der Waals surface area contributed by atoms with Gasteiger partial charge in [-0.25, -0.2) is 0 Å². The van der Waals surface area contributed by atoms with Crippen molar-refractivity contribution in [2.45, 2.75) is 31.0 Å². The van der Waals surface area contributed by atoms with E-state index in [1.54, 1.807) is 6.07 Å². The Labute approximate surface area is 122 Å². The number of rotatable bonds is 5. The number of hydrogen-bond acceptors (Lipinski definition) is 3. The fraction of sp³-hybridized carbons (Fsp3) is 0.600. The maximum atomic E-state index is 12.6. The standard InChI is InChI=1S/C15H21F3N2O/c16-15(17,18)13-4-1-3-12(9-13)5-8-20-11-14(21)6-2-7-19-10-14/h1,3-4,9,19-21H,2,5-8,10-11H2/t14-/m1/s1. The van der Waals surface area contributed by atoms with Crippen molar-refractivity contribution in [3.05, 3.63) is 35.4 Å². The number of aliphatic hydroxyl groups is 1. The maximum absolute atomic E-state index is 12.6. The summed E-state index contributed by atoms with van der Waals surface area (Å²) < 4.78 is 37.8. The van der Waals surface area contributed by atoms with E-state index in [-0.39, 0.29) is 0 Å². The molecule has 1 atom stereocenters. The summed E-state index contributed by atoms with van der Waals surface area (Å²) in [7, 11) is 0. The van der Waals surface area contributed by atoms with E-state index in [1.807, 2.05) is 0 Å². The Morgan fingerprint density at radius 1 is 1.33 bits per heavy atom. The third-order valence-corrected chi connectivity index (χ3v) is 3.75. The topological polar surface area (TPSA) is 44.3 Å². The van der Waals surface area contributed by atoms with Crippen molar-refractivity contribution in [2.24, 2.45) is 0 Å². The average molecular weight is 302 g/mol. The molecular formula is C15H21F3N2O. The molecule has 1 aliphatic heterocycles. The van der Waals surface area contributed by atoms with E-state index in [0.29, 0.717) is 31.6 Å². The lowest BCUT2D eigenvalue weighted by Gasteiger charge is -2.32. The van der Waals surface area contributed by atoms with Crippen molar-refractivity contribution in [2.75, 3.05) is 26.2 Å². The molecule has 1 heterocycles. The molecule has 0 unspecified atom stereocenters. The van der Waals surface area contributed by atoms with Gasteiger partial charge in [-0.2, -0.15) is 13.2 Å². The molecule has 0 saturated carbocycles. The van der Waals surface area contributed by atoms with E-state index in [0.717, 1.165) is 25.5 Å². The number of halogens is 3. The zero-order chi connectivity index (χ0) is 15.3. The molecule has 1 fully saturated rings. The SMILES string of the molecule is O[C@]1(CNCCc2cccc(C(F)(F)F)c2)CCCNC1. The van der Waals surface area contributed by atoms with Crippen LogP contribution in [-0.2, 0) is 12.6 Å². The lowest BCUT2D eigenvalue weighted by atomic mass is 9.94. The van der Waals surface area contributed by atoms with Gasteiger partial charge in [0.2, 0.25) is 0 Å². The van der Waals surface area contributed by atoms with Gasteiger partial charge in [-0.3, -0.25) is 0 Å². The van der Waals surface area contributed by atoms with E-state index in [4.69, 9.17) is 0 Å². The Balaban J connectivity index is 1.78. The van der Waals surface area contributed by atoms with Crippen LogP contribution in [-0.4, -0.2) is 36.9 Å². The first-order valence-corrected chi connectivity index (χ1v) is 7.19. The van der Waals surface area contributed by atoms with Crippen LogP contribution in [0.1, 0.15) is 24.0 Å². The second-order valence-corrected chi connectivity index (χ2v) is 5.63. The largest absolute Gasteiger partial charge is 0.416 e. The van der Waals surface area contributed by atoms with Crippen molar-refractivity contribution in [1.29, 1.82) is 0 Å². The first kappa shape index (κ1) is 16.3. The van der Waals surface area contributed by atoms with Crippen molar-refractivity contribution in [3.8, 4) is 0 Å². The highest BCUT2D eigenvalue weighted by atomic mass is 19.4. The minimum atomic E-state index is -4.30. The summed E-state index contributed by atoms with van der Waals surface area (Å²) in [4.78, 5) is 0. The molecule has 0 aromatic heterocycles. The van der Waals surface area contributed by atoms with Crippen LogP contribution in [0.2, 0.25) is 0 Å². The molecule has 6 heteroatoms. The van der Waals surface area contributed by atoms with Gasteiger partial charge in [-0.15, -0.1) is 0 Å². The molecule has 3 nitrogen and oxygen atoms in total. The lowest BCUT2D eigenvalue weighted by molar-refractivity contribution is -0.137. The van der Waals surface area contributed by atoms with Crippen LogP contribution in [0, 0.1) is 0 Å². The molecule has 1 aromatic rings. The number of piperidine rings is 1. The summed E-state index contributed by atoms with van der Waals surface area (Å²) in [6.07, 6.45) is -2.11.